The molecule has 1 saturated heterocycles. The van der Waals surface area contributed by atoms with Gasteiger partial charge in [0.2, 0.25) is 0 Å². The zero-order chi connectivity index (χ0) is 12.1. The van der Waals surface area contributed by atoms with E-state index in [4.69, 9.17) is 9.47 Å². The van der Waals surface area contributed by atoms with Gasteiger partial charge in [0.15, 0.2) is 0 Å². The van der Waals surface area contributed by atoms with Crippen LogP contribution in [0.5, 0.6) is 0 Å². The minimum Gasteiger partial charge on any atom is -0.376 e. The van der Waals surface area contributed by atoms with Crippen LogP contribution in [0.1, 0.15) is 11.1 Å². The van der Waals surface area contributed by atoms with Gasteiger partial charge in [0.25, 0.3) is 0 Å². The summed E-state index contributed by atoms with van der Waals surface area (Å²) in [5.74, 6) is 0. The topological polar surface area (TPSA) is 21.7 Å². The summed E-state index contributed by atoms with van der Waals surface area (Å²) in [4.78, 5) is 2.29. The third-order valence-corrected chi connectivity index (χ3v) is 2.94. The normalized spacial score (nSPS) is 20.8. The van der Waals surface area contributed by atoms with E-state index in [0.29, 0.717) is 0 Å². The molecule has 1 aromatic carbocycles. The highest BCUT2D eigenvalue weighted by atomic mass is 16.6. The van der Waals surface area contributed by atoms with Gasteiger partial charge < -0.3 is 9.47 Å². The fourth-order valence-corrected chi connectivity index (χ4v) is 2.18. The summed E-state index contributed by atoms with van der Waals surface area (Å²) < 4.78 is 11.0. The van der Waals surface area contributed by atoms with Crippen LogP contribution in [0.4, 0.5) is 0 Å². The van der Waals surface area contributed by atoms with Crippen molar-refractivity contribution >= 4 is 0 Å². The van der Waals surface area contributed by atoms with E-state index in [0.717, 1.165) is 32.9 Å². The number of benzene rings is 1. The standard InChI is InChI=1S/C14H21NO2/c1-12-4-3-5-13(8-12)9-15(2)10-14-11-16-6-7-17-14/h3-5,8,14H,6-7,9-11H2,1-2H3. The second-order valence-corrected chi connectivity index (χ2v) is 4.75. The molecule has 1 heterocycles. The monoisotopic (exact) mass is 235 g/mol. The molecule has 1 atom stereocenters. The van der Waals surface area contributed by atoms with Gasteiger partial charge in [0.05, 0.1) is 25.9 Å². The number of nitrogens with zero attached hydrogens (tertiary/aromatic N) is 1. The van der Waals surface area contributed by atoms with Crippen molar-refractivity contribution in [1.82, 2.24) is 4.90 Å². The third kappa shape index (κ3) is 4.11. The van der Waals surface area contributed by atoms with Crippen molar-refractivity contribution in [2.24, 2.45) is 0 Å². The van der Waals surface area contributed by atoms with Crippen LogP contribution in [0.15, 0.2) is 24.3 Å². The molecule has 1 aliphatic rings. The minimum absolute atomic E-state index is 0.221. The summed E-state index contributed by atoms with van der Waals surface area (Å²) in [7, 11) is 2.13. The Morgan fingerprint density at radius 3 is 2.94 bits per heavy atom. The van der Waals surface area contributed by atoms with Gasteiger partial charge in [-0.15, -0.1) is 0 Å². The largest absolute Gasteiger partial charge is 0.376 e. The Bertz CT molecular complexity index is 348. The molecule has 1 aliphatic heterocycles. The molecular weight excluding hydrogens is 214 g/mol. The smallest absolute Gasteiger partial charge is 0.0936 e. The molecule has 1 fully saturated rings. The molecule has 1 unspecified atom stereocenters. The van der Waals surface area contributed by atoms with Crippen LogP contribution >= 0.6 is 0 Å². The zero-order valence-electron chi connectivity index (χ0n) is 10.7. The van der Waals surface area contributed by atoms with Crippen LogP contribution in [0, 0.1) is 6.92 Å². The predicted octanol–water partition coefficient (Wildman–Crippen LogP) is 1.84. The SMILES string of the molecule is Cc1cccc(CN(C)CC2COCCO2)c1. The Morgan fingerprint density at radius 1 is 1.35 bits per heavy atom. The molecule has 94 valence electrons. The van der Waals surface area contributed by atoms with Crippen molar-refractivity contribution in [2.45, 2.75) is 19.6 Å². The fourth-order valence-electron chi connectivity index (χ4n) is 2.18. The average molecular weight is 235 g/mol. The number of hydrogen-bond donors (Lipinski definition) is 0. The van der Waals surface area contributed by atoms with E-state index in [1.165, 1.54) is 11.1 Å². The minimum atomic E-state index is 0.221. The van der Waals surface area contributed by atoms with E-state index in [1.54, 1.807) is 0 Å². The lowest BCUT2D eigenvalue weighted by atomic mass is 10.1. The molecule has 3 nitrogen and oxygen atoms in total. The number of hydrogen-bond acceptors (Lipinski definition) is 3. The van der Waals surface area contributed by atoms with Crippen LogP contribution < -0.4 is 0 Å². The van der Waals surface area contributed by atoms with Gasteiger partial charge in [-0.1, -0.05) is 29.8 Å². The van der Waals surface area contributed by atoms with E-state index in [9.17, 15) is 0 Å². The van der Waals surface area contributed by atoms with Crippen LogP contribution in [-0.2, 0) is 16.0 Å². The lowest BCUT2D eigenvalue weighted by molar-refractivity contribution is -0.0962. The molecule has 0 N–H and O–H groups in total. The molecule has 0 amide bonds. The van der Waals surface area contributed by atoms with Gasteiger partial charge in [-0.2, -0.15) is 0 Å². The van der Waals surface area contributed by atoms with Gasteiger partial charge in [0.1, 0.15) is 0 Å². The first kappa shape index (κ1) is 12.6. The van der Waals surface area contributed by atoms with Crippen molar-refractivity contribution in [1.29, 1.82) is 0 Å². The van der Waals surface area contributed by atoms with Crippen molar-refractivity contribution in [3.8, 4) is 0 Å². The van der Waals surface area contributed by atoms with Crippen LogP contribution in [-0.4, -0.2) is 44.4 Å². The summed E-state index contributed by atoms with van der Waals surface area (Å²) in [6.07, 6.45) is 0.221. The summed E-state index contributed by atoms with van der Waals surface area (Å²) in [6, 6.07) is 8.64. The maximum absolute atomic E-state index is 5.64. The summed E-state index contributed by atoms with van der Waals surface area (Å²) in [5, 5.41) is 0. The first-order chi connectivity index (χ1) is 8.24. The molecule has 0 aromatic heterocycles. The number of rotatable bonds is 4. The molecule has 0 bridgehead atoms. The van der Waals surface area contributed by atoms with E-state index >= 15 is 0 Å². The maximum Gasteiger partial charge on any atom is 0.0936 e. The highest BCUT2D eigenvalue weighted by Gasteiger charge is 2.16. The van der Waals surface area contributed by atoms with Gasteiger partial charge in [0, 0.05) is 13.1 Å². The molecule has 0 radical (unpaired) electrons. The average Bonchev–Trinajstić information content (AvgIpc) is 2.30. The summed E-state index contributed by atoms with van der Waals surface area (Å²) >= 11 is 0. The lowest BCUT2D eigenvalue weighted by Crippen LogP contribution is -2.38. The first-order valence-electron chi connectivity index (χ1n) is 6.17. The number of aryl methyl sites for hydroxylation is 1. The van der Waals surface area contributed by atoms with E-state index < -0.39 is 0 Å². The molecule has 1 aromatic rings. The lowest BCUT2D eigenvalue weighted by Gasteiger charge is -2.27. The molecule has 0 spiro atoms. The van der Waals surface area contributed by atoms with E-state index in [2.05, 4.69) is 43.1 Å². The third-order valence-electron chi connectivity index (χ3n) is 2.94. The van der Waals surface area contributed by atoms with Gasteiger partial charge in [-0.25, -0.2) is 0 Å². The van der Waals surface area contributed by atoms with Crippen LogP contribution in [0.2, 0.25) is 0 Å². The van der Waals surface area contributed by atoms with Crippen molar-refractivity contribution in [2.75, 3.05) is 33.4 Å². The van der Waals surface area contributed by atoms with E-state index in [-0.39, 0.29) is 6.10 Å². The Morgan fingerprint density at radius 2 is 2.24 bits per heavy atom. The maximum atomic E-state index is 5.64. The Balaban J connectivity index is 1.82. The second-order valence-electron chi connectivity index (χ2n) is 4.75. The summed E-state index contributed by atoms with van der Waals surface area (Å²) in [5.41, 5.74) is 2.66. The predicted molar refractivity (Wildman–Crippen MR) is 68.1 cm³/mol. The zero-order valence-corrected chi connectivity index (χ0v) is 10.7. The molecule has 17 heavy (non-hydrogen) atoms. The Kier molecular flexibility index (Phi) is 4.54. The molecule has 0 saturated carbocycles. The van der Waals surface area contributed by atoms with Crippen molar-refractivity contribution in [3.63, 3.8) is 0 Å². The highest BCUT2D eigenvalue weighted by molar-refractivity contribution is 5.21. The van der Waals surface area contributed by atoms with Crippen LogP contribution in [0.25, 0.3) is 0 Å². The van der Waals surface area contributed by atoms with E-state index in [1.807, 2.05) is 0 Å². The number of ether oxygens (including phenoxy) is 2. The Labute approximate surface area is 103 Å². The van der Waals surface area contributed by atoms with Gasteiger partial charge in [-0.3, -0.25) is 4.90 Å². The Hall–Kier alpha value is -0.900. The van der Waals surface area contributed by atoms with Crippen molar-refractivity contribution < 1.29 is 9.47 Å². The quantitative estimate of drug-likeness (QED) is 0.795. The summed E-state index contributed by atoms with van der Waals surface area (Å²) in [6.45, 7) is 6.19. The van der Waals surface area contributed by atoms with Gasteiger partial charge >= 0.3 is 0 Å². The number of likely N-dealkylation sites (N-methyl/N-ethyl adjacent to an activating group) is 1. The van der Waals surface area contributed by atoms with Crippen LogP contribution in [0.3, 0.4) is 0 Å². The molecule has 0 aliphatic carbocycles. The molecule has 3 heteroatoms. The highest BCUT2D eigenvalue weighted by Crippen LogP contribution is 2.08. The first-order valence-corrected chi connectivity index (χ1v) is 6.17. The second kappa shape index (κ2) is 6.15. The van der Waals surface area contributed by atoms with Gasteiger partial charge in [-0.05, 0) is 19.5 Å². The van der Waals surface area contributed by atoms with Crippen molar-refractivity contribution in [3.05, 3.63) is 35.4 Å². The molecule has 2 rings (SSSR count). The molecular formula is C14H21NO2. The fraction of sp³-hybridized carbons (Fsp3) is 0.571.